The van der Waals surface area contributed by atoms with Gasteiger partial charge < -0.3 is 14.8 Å². The summed E-state index contributed by atoms with van der Waals surface area (Å²) >= 11 is 0. The molecule has 2 aromatic rings. The van der Waals surface area contributed by atoms with E-state index in [2.05, 4.69) is 41.7 Å². The molecule has 0 saturated carbocycles. The Bertz CT molecular complexity index is 639. The fourth-order valence-corrected chi connectivity index (χ4v) is 2.82. The predicted octanol–water partition coefficient (Wildman–Crippen LogP) is 2.56. The molecule has 0 radical (unpaired) electrons. The maximum Gasteiger partial charge on any atom is 0.323 e. The lowest BCUT2D eigenvalue weighted by Gasteiger charge is -2.13. The highest BCUT2D eigenvalue weighted by Gasteiger charge is 2.31. The lowest BCUT2D eigenvalue weighted by Crippen LogP contribution is -2.31. The summed E-state index contributed by atoms with van der Waals surface area (Å²) in [5.74, 6) is 0.605. The molecule has 1 fully saturated rings. The summed E-state index contributed by atoms with van der Waals surface area (Å²) in [6.07, 6.45) is 1.55. The Kier molecular flexibility index (Phi) is 4.93. The van der Waals surface area contributed by atoms with Gasteiger partial charge in [0.15, 0.2) is 0 Å². The first-order chi connectivity index (χ1) is 11.2. The standard InChI is InChI=1S/C19H21NO3/c1-22-19(21)18-12-17(13-20-18)23-16-9-7-15(8-10-16)11-14-5-3-2-4-6-14/h2-10,17-18,20H,11-13H2,1H3/t17-,18-/m1/s1. The van der Waals surface area contributed by atoms with E-state index in [4.69, 9.17) is 9.47 Å². The molecule has 0 aliphatic carbocycles. The van der Waals surface area contributed by atoms with Crippen molar-refractivity contribution < 1.29 is 14.3 Å². The van der Waals surface area contributed by atoms with Crippen molar-refractivity contribution >= 4 is 5.97 Å². The molecule has 0 aromatic heterocycles. The van der Waals surface area contributed by atoms with E-state index >= 15 is 0 Å². The highest BCUT2D eigenvalue weighted by atomic mass is 16.5. The molecule has 120 valence electrons. The molecule has 4 nitrogen and oxygen atoms in total. The fraction of sp³-hybridized carbons (Fsp3) is 0.316. The van der Waals surface area contributed by atoms with Gasteiger partial charge in [0, 0.05) is 13.0 Å². The fourth-order valence-electron chi connectivity index (χ4n) is 2.82. The Morgan fingerprint density at radius 1 is 1.09 bits per heavy atom. The van der Waals surface area contributed by atoms with Gasteiger partial charge in [0.25, 0.3) is 0 Å². The topological polar surface area (TPSA) is 47.6 Å². The molecule has 0 bridgehead atoms. The molecule has 0 spiro atoms. The van der Waals surface area contributed by atoms with Crippen LogP contribution < -0.4 is 10.1 Å². The lowest BCUT2D eigenvalue weighted by molar-refractivity contribution is -0.142. The van der Waals surface area contributed by atoms with E-state index in [0.717, 1.165) is 12.2 Å². The number of carbonyl (C=O) groups excluding carboxylic acids is 1. The Morgan fingerprint density at radius 3 is 2.48 bits per heavy atom. The monoisotopic (exact) mass is 311 g/mol. The molecule has 1 N–H and O–H groups in total. The Morgan fingerprint density at radius 2 is 1.78 bits per heavy atom. The van der Waals surface area contributed by atoms with Gasteiger partial charge in [0.2, 0.25) is 0 Å². The third-order valence-corrected chi connectivity index (χ3v) is 4.05. The zero-order chi connectivity index (χ0) is 16.1. The largest absolute Gasteiger partial charge is 0.489 e. The van der Waals surface area contributed by atoms with Crippen LogP contribution in [0.2, 0.25) is 0 Å². The van der Waals surface area contributed by atoms with Crippen LogP contribution in [0.15, 0.2) is 54.6 Å². The molecular weight excluding hydrogens is 290 g/mol. The van der Waals surface area contributed by atoms with E-state index in [-0.39, 0.29) is 18.1 Å². The van der Waals surface area contributed by atoms with Crippen LogP contribution in [0.1, 0.15) is 17.5 Å². The van der Waals surface area contributed by atoms with Crippen LogP contribution in [0.5, 0.6) is 5.75 Å². The molecule has 1 heterocycles. The normalized spacial score (nSPS) is 20.2. The second kappa shape index (κ2) is 7.29. The number of esters is 1. The van der Waals surface area contributed by atoms with Crippen LogP contribution in [0.3, 0.4) is 0 Å². The number of nitrogens with one attached hydrogen (secondary N) is 1. The average Bonchev–Trinajstić information content (AvgIpc) is 3.05. The number of benzene rings is 2. The third kappa shape index (κ3) is 4.11. The van der Waals surface area contributed by atoms with Crippen molar-refractivity contribution in [2.75, 3.05) is 13.7 Å². The van der Waals surface area contributed by atoms with Gasteiger partial charge in [-0.15, -0.1) is 0 Å². The minimum Gasteiger partial charge on any atom is -0.489 e. The van der Waals surface area contributed by atoms with Crippen LogP contribution in [0.4, 0.5) is 0 Å². The van der Waals surface area contributed by atoms with Crippen molar-refractivity contribution in [1.82, 2.24) is 5.32 Å². The van der Waals surface area contributed by atoms with Crippen molar-refractivity contribution in [3.63, 3.8) is 0 Å². The van der Waals surface area contributed by atoms with Crippen molar-refractivity contribution in [3.05, 3.63) is 65.7 Å². The summed E-state index contributed by atoms with van der Waals surface area (Å²) in [7, 11) is 1.41. The van der Waals surface area contributed by atoms with E-state index in [1.54, 1.807) is 0 Å². The molecule has 0 unspecified atom stereocenters. The third-order valence-electron chi connectivity index (χ3n) is 4.05. The summed E-state index contributed by atoms with van der Waals surface area (Å²) < 4.78 is 10.7. The predicted molar refractivity (Wildman–Crippen MR) is 88.5 cm³/mol. The van der Waals surface area contributed by atoms with Gasteiger partial charge in [-0.05, 0) is 29.7 Å². The molecule has 2 aromatic carbocycles. The number of hydrogen-bond donors (Lipinski definition) is 1. The van der Waals surface area contributed by atoms with Gasteiger partial charge in [-0.25, -0.2) is 0 Å². The van der Waals surface area contributed by atoms with E-state index in [1.165, 1.54) is 18.2 Å². The Hall–Kier alpha value is -2.33. The summed E-state index contributed by atoms with van der Waals surface area (Å²) in [5, 5.41) is 3.12. The van der Waals surface area contributed by atoms with Gasteiger partial charge in [0.05, 0.1) is 7.11 Å². The highest BCUT2D eigenvalue weighted by molar-refractivity contribution is 5.76. The molecule has 1 aliphatic heterocycles. The zero-order valence-electron chi connectivity index (χ0n) is 13.2. The minimum atomic E-state index is -0.262. The highest BCUT2D eigenvalue weighted by Crippen LogP contribution is 2.19. The zero-order valence-corrected chi connectivity index (χ0v) is 13.2. The molecule has 1 saturated heterocycles. The maximum absolute atomic E-state index is 11.5. The molecule has 2 atom stereocenters. The number of hydrogen-bond acceptors (Lipinski definition) is 4. The summed E-state index contributed by atoms with van der Waals surface area (Å²) in [6.45, 7) is 0.658. The molecular formula is C19H21NO3. The van der Waals surface area contributed by atoms with Gasteiger partial charge in [-0.3, -0.25) is 4.79 Å². The molecule has 4 heteroatoms. The van der Waals surface area contributed by atoms with E-state index in [9.17, 15) is 4.79 Å². The van der Waals surface area contributed by atoms with Crippen molar-refractivity contribution in [1.29, 1.82) is 0 Å². The summed E-state index contributed by atoms with van der Waals surface area (Å²) in [6, 6.07) is 18.3. The second-order valence-electron chi connectivity index (χ2n) is 5.77. The number of methoxy groups -OCH3 is 1. The van der Waals surface area contributed by atoms with Crippen molar-refractivity contribution in [2.24, 2.45) is 0 Å². The van der Waals surface area contributed by atoms with Crippen LogP contribution in [0.25, 0.3) is 0 Å². The minimum absolute atomic E-state index is 0.000858. The Labute approximate surface area is 136 Å². The first-order valence-corrected chi connectivity index (χ1v) is 7.85. The van der Waals surface area contributed by atoms with Crippen LogP contribution in [0, 0.1) is 0 Å². The van der Waals surface area contributed by atoms with Crippen molar-refractivity contribution in [2.45, 2.75) is 25.0 Å². The summed E-state index contributed by atoms with van der Waals surface area (Å²) in [4.78, 5) is 11.5. The molecule has 1 aliphatic rings. The molecule has 23 heavy (non-hydrogen) atoms. The smallest absolute Gasteiger partial charge is 0.323 e. The van der Waals surface area contributed by atoms with E-state index < -0.39 is 0 Å². The van der Waals surface area contributed by atoms with E-state index in [1.807, 2.05) is 18.2 Å². The van der Waals surface area contributed by atoms with Gasteiger partial charge in [-0.1, -0.05) is 42.5 Å². The number of rotatable bonds is 5. The first kappa shape index (κ1) is 15.6. The molecule has 0 amide bonds. The number of ether oxygens (including phenoxy) is 2. The first-order valence-electron chi connectivity index (χ1n) is 7.85. The van der Waals surface area contributed by atoms with Crippen LogP contribution in [-0.2, 0) is 16.0 Å². The van der Waals surface area contributed by atoms with Gasteiger partial charge >= 0.3 is 5.97 Å². The van der Waals surface area contributed by atoms with Gasteiger partial charge in [0.1, 0.15) is 17.9 Å². The maximum atomic E-state index is 11.5. The number of carbonyl (C=O) groups is 1. The Balaban J connectivity index is 1.55. The van der Waals surface area contributed by atoms with Crippen LogP contribution >= 0.6 is 0 Å². The van der Waals surface area contributed by atoms with Gasteiger partial charge in [-0.2, -0.15) is 0 Å². The van der Waals surface area contributed by atoms with E-state index in [0.29, 0.717) is 13.0 Å². The summed E-state index contributed by atoms with van der Waals surface area (Å²) in [5.41, 5.74) is 2.54. The average molecular weight is 311 g/mol. The quantitative estimate of drug-likeness (QED) is 0.862. The van der Waals surface area contributed by atoms with Crippen molar-refractivity contribution in [3.8, 4) is 5.75 Å². The molecule has 3 rings (SSSR count). The second-order valence-corrected chi connectivity index (χ2v) is 5.77. The lowest BCUT2D eigenvalue weighted by atomic mass is 10.1. The SMILES string of the molecule is COC(=O)[C@H]1C[C@@H](Oc2ccc(Cc3ccccc3)cc2)CN1. The van der Waals surface area contributed by atoms with Crippen LogP contribution in [-0.4, -0.2) is 31.8 Å².